The summed E-state index contributed by atoms with van der Waals surface area (Å²) in [7, 11) is 5.49. The zero-order chi connectivity index (χ0) is 15.9. The van der Waals surface area contributed by atoms with Crippen LogP contribution in [0.25, 0.3) is 0 Å². The van der Waals surface area contributed by atoms with E-state index in [0.717, 1.165) is 36.4 Å². The highest BCUT2D eigenvalue weighted by Gasteiger charge is 2.50. The van der Waals surface area contributed by atoms with E-state index in [-0.39, 0.29) is 5.41 Å². The third-order valence-corrected chi connectivity index (χ3v) is 5.59. The van der Waals surface area contributed by atoms with Gasteiger partial charge in [-0.2, -0.15) is 0 Å². The van der Waals surface area contributed by atoms with Gasteiger partial charge in [-0.3, -0.25) is 4.79 Å². The second kappa shape index (κ2) is 5.58. The molecular formula is C18H25NO3. The molecule has 2 fully saturated rings. The third kappa shape index (κ3) is 2.21. The van der Waals surface area contributed by atoms with Gasteiger partial charge >= 0.3 is 0 Å². The van der Waals surface area contributed by atoms with Crippen LogP contribution in [0.2, 0.25) is 0 Å². The normalized spacial score (nSPS) is 28.5. The van der Waals surface area contributed by atoms with E-state index in [1.165, 1.54) is 5.56 Å². The molecule has 3 rings (SSSR count). The van der Waals surface area contributed by atoms with Gasteiger partial charge in [-0.15, -0.1) is 0 Å². The van der Waals surface area contributed by atoms with Crippen molar-refractivity contribution in [2.45, 2.75) is 44.1 Å². The Bertz CT molecular complexity index is 598. The summed E-state index contributed by atoms with van der Waals surface area (Å²) in [6.45, 7) is 3.11. The van der Waals surface area contributed by atoms with E-state index in [4.69, 9.17) is 9.47 Å². The van der Waals surface area contributed by atoms with Gasteiger partial charge in [0.25, 0.3) is 0 Å². The molecule has 2 aliphatic rings. The molecular weight excluding hydrogens is 278 g/mol. The lowest BCUT2D eigenvalue weighted by Crippen LogP contribution is -2.46. The smallest absolute Gasteiger partial charge is 0.163 e. The molecule has 1 aliphatic heterocycles. The largest absolute Gasteiger partial charge is 0.493 e. The SMILES string of the molecule is COc1cc(C23CCC(=O)CC2N(C)CC3)cc(C)c1OC. The van der Waals surface area contributed by atoms with Crippen LogP contribution in [0.5, 0.6) is 11.5 Å². The van der Waals surface area contributed by atoms with Gasteiger partial charge in [-0.05, 0) is 50.6 Å². The van der Waals surface area contributed by atoms with Gasteiger partial charge in [0.2, 0.25) is 0 Å². The molecule has 0 amide bonds. The first-order valence-electron chi connectivity index (χ1n) is 7.97. The molecule has 1 aliphatic carbocycles. The number of fused-ring (bicyclic) bond motifs is 1. The Morgan fingerprint density at radius 1 is 1.23 bits per heavy atom. The van der Waals surface area contributed by atoms with Crippen LogP contribution in [0.1, 0.15) is 36.8 Å². The number of methoxy groups -OCH3 is 2. The van der Waals surface area contributed by atoms with E-state index in [0.29, 0.717) is 24.7 Å². The topological polar surface area (TPSA) is 38.8 Å². The van der Waals surface area contributed by atoms with Crippen molar-refractivity contribution in [3.63, 3.8) is 0 Å². The van der Waals surface area contributed by atoms with Gasteiger partial charge in [0.1, 0.15) is 5.78 Å². The maximum Gasteiger partial charge on any atom is 0.163 e. The van der Waals surface area contributed by atoms with Crippen molar-refractivity contribution in [1.29, 1.82) is 0 Å². The number of Topliss-reactive ketones (excluding diaryl/α,β-unsaturated/α-hetero) is 1. The zero-order valence-electron chi connectivity index (χ0n) is 13.9. The highest BCUT2D eigenvalue weighted by molar-refractivity contribution is 5.81. The number of hydrogen-bond acceptors (Lipinski definition) is 4. The molecule has 120 valence electrons. The summed E-state index contributed by atoms with van der Waals surface area (Å²) < 4.78 is 11.0. The molecule has 0 radical (unpaired) electrons. The first kappa shape index (κ1) is 15.3. The summed E-state index contributed by atoms with van der Waals surface area (Å²) in [5.41, 5.74) is 2.47. The second-order valence-electron chi connectivity index (χ2n) is 6.67. The van der Waals surface area contributed by atoms with E-state index in [1.54, 1.807) is 14.2 Å². The molecule has 1 heterocycles. The number of likely N-dealkylation sites (tertiary alicyclic amines) is 1. The molecule has 22 heavy (non-hydrogen) atoms. The van der Waals surface area contributed by atoms with Gasteiger partial charge < -0.3 is 14.4 Å². The Balaban J connectivity index is 2.09. The van der Waals surface area contributed by atoms with Crippen LogP contribution in [0, 0.1) is 6.92 Å². The molecule has 1 saturated heterocycles. The maximum atomic E-state index is 11.9. The minimum absolute atomic E-state index is 0.0764. The lowest BCUT2D eigenvalue weighted by molar-refractivity contribution is -0.122. The molecule has 0 aromatic heterocycles. The van der Waals surface area contributed by atoms with Gasteiger partial charge in [0.15, 0.2) is 11.5 Å². The molecule has 4 nitrogen and oxygen atoms in total. The Morgan fingerprint density at radius 3 is 2.68 bits per heavy atom. The third-order valence-electron chi connectivity index (χ3n) is 5.59. The number of likely N-dealkylation sites (N-methyl/N-ethyl adjacent to an activating group) is 1. The van der Waals surface area contributed by atoms with E-state index in [1.807, 2.05) is 0 Å². The monoisotopic (exact) mass is 303 g/mol. The fraction of sp³-hybridized carbons (Fsp3) is 0.611. The summed E-state index contributed by atoms with van der Waals surface area (Å²) in [6, 6.07) is 4.66. The van der Waals surface area contributed by atoms with E-state index >= 15 is 0 Å². The number of aryl methyl sites for hydroxylation is 1. The molecule has 1 saturated carbocycles. The number of carbonyl (C=O) groups is 1. The van der Waals surface area contributed by atoms with Crippen molar-refractivity contribution >= 4 is 5.78 Å². The Kier molecular flexibility index (Phi) is 3.89. The van der Waals surface area contributed by atoms with Crippen molar-refractivity contribution in [2.75, 3.05) is 27.8 Å². The van der Waals surface area contributed by atoms with Gasteiger partial charge in [-0.25, -0.2) is 0 Å². The summed E-state index contributed by atoms with van der Waals surface area (Å²) in [5, 5.41) is 0. The van der Waals surface area contributed by atoms with Crippen LogP contribution < -0.4 is 9.47 Å². The Hall–Kier alpha value is -1.55. The number of benzene rings is 1. The quantitative estimate of drug-likeness (QED) is 0.860. The number of nitrogens with zero attached hydrogens (tertiary/aromatic N) is 1. The van der Waals surface area contributed by atoms with Crippen LogP contribution in [-0.4, -0.2) is 44.5 Å². The minimum Gasteiger partial charge on any atom is -0.493 e. The molecule has 1 aromatic carbocycles. The number of ether oxygens (including phenoxy) is 2. The molecule has 0 spiro atoms. The highest BCUT2D eigenvalue weighted by atomic mass is 16.5. The Morgan fingerprint density at radius 2 is 2.00 bits per heavy atom. The highest BCUT2D eigenvalue weighted by Crippen LogP contribution is 2.49. The lowest BCUT2D eigenvalue weighted by atomic mass is 9.65. The van der Waals surface area contributed by atoms with E-state index in [2.05, 4.69) is 31.0 Å². The maximum absolute atomic E-state index is 11.9. The van der Waals surface area contributed by atoms with Crippen molar-refractivity contribution in [3.8, 4) is 11.5 Å². The van der Waals surface area contributed by atoms with E-state index < -0.39 is 0 Å². The molecule has 2 unspecified atom stereocenters. The molecule has 0 N–H and O–H groups in total. The van der Waals surface area contributed by atoms with Gasteiger partial charge in [0, 0.05) is 24.3 Å². The van der Waals surface area contributed by atoms with E-state index in [9.17, 15) is 4.79 Å². The Labute approximate surface area is 132 Å². The van der Waals surface area contributed by atoms with Crippen molar-refractivity contribution < 1.29 is 14.3 Å². The van der Waals surface area contributed by atoms with Crippen LogP contribution in [0.3, 0.4) is 0 Å². The molecule has 4 heteroatoms. The number of ketones is 1. The number of carbonyl (C=O) groups excluding carboxylic acids is 1. The van der Waals surface area contributed by atoms with Crippen LogP contribution >= 0.6 is 0 Å². The zero-order valence-corrected chi connectivity index (χ0v) is 13.9. The first-order valence-corrected chi connectivity index (χ1v) is 7.97. The van der Waals surface area contributed by atoms with Crippen molar-refractivity contribution in [3.05, 3.63) is 23.3 Å². The minimum atomic E-state index is 0.0764. The number of hydrogen-bond donors (Lipinski definition) is 0. The van der Waals surface area contributed by atoms with Crippen molar-refractivity contribution in [1.82, 2.24) is 4.90 Å². The summed E-state index contributed by atoms with van der Waals surface area (Å²) in [4.78, 5) is 14.3. The fourth-order valence-corrected chi connectivity index (χ4v) is 4.37. The predicted molar refractivity (Wildman–Crippen MR) is 85.9 cm³/mol. The summed E-state index contributed by atoms with van der Waals surface area (Å²) in [5.74, 6) is 1.99. The summed E-state index contributed by atoms with van der Waals surface area (Å²) >= 11 is 0. The predicted octanol–water partition coefficient (Wildman–Crippen LogP) is 2.71. The lowest BCUT2D eigenvalue weighted by Gasteiger charge is -2.41. The van der Waals surface area contributed by atoms with Crippen LogP contribution in [-0.2, 0) is 10.2 Å². The van der Waals surface area contributed by atoms with Crippen LogP contribution in [0.15, 0.2) is 12.1 Å². The molecule has 0 bridgehead atoms. The first-order chi connectivity index (χ1) is 10.5. The van der Waals surface area contributed by atoms with Gasteiger partial charge in [0.05, 0.1) is 14.2 Å². The average molecular weight is 303 g/mol. The standard InChI is InChI=1S/C18H25NO3/c1-12-9-13(10-15(21-3)17(12)22-4)18-6-5-14(20)11-16(18)19(2)8-7-18/h9-10,16H,5-8,11H2,1-4H3. The van der Waals surface area contributed by atoms with Crippen LogP contribution in [0.4, 0.5) is 0 Å². The second-order valence-corrected chi connectivity index (χ2v) is 6.67. The summed E-state index contributed by atoms with van der Waals surface area (Å²) in [6.07, 6.45) is 3.41. The number of rotatable bonds is 3. The average Bonchev–Trinajstić information content (AvgIpc) is 2.84. The fourth-order valence-electron chi connectivity index (χ4n) is 4.37. The van der Waals surface area contributed by atoms with Crippen molar-refractivity contribution in [2.24, 2.45) is 0 Å². The molecule has 2 atom stereocenters. The molecule has 1 aromatic rings. The van der Waals surface area contributed by atoms with Gasteiger partial charge in [-0.1, -0.05) is 6.07 Å².